The first-order chi connectivity index (χ1) is 14.3. The minimum atomic E-state index is 0. The van der Waals surface area contributed by atoms with E-state index in [9.17, 15) is 0 Å². The van der Waals surface area contributed by atoms with E-state index < -0.39 is 0 Å². The van der Waals surface area contributed by atoms with E-state index in [-0.39, 0.29) is 24.0 Å². The molecule has 0 spiro atoms. The Morgan fingerprint density at radius 1 is 1.07 bits per heavy atom. The van der Waals surface area contributed by atoms with Crippen LogP contribution in [-0.2, 0) is 13.0 Å². The number of imidazole rings is 1. The summed E-state index contributed by atoms with van der Waals surface area (Å²) in [5.74, 6) is 1.14. The molecule has 2 heterocycles. The van der Waals surface area contributed by atoms with Gasteiger partial charge in [0.1, 0.15) is 0 Å². The number of benzene rings is 2. The number of rotatable bonds is 7. The predicted octanol–water partition coefficient (Wildman–Crippen LogP) is 4.71. The number of nitrogens with one attached hydrogen (secondary N) is 2. The Morgan fingerprint density at radius 2 is 1.80 bits per heavy atom. The zero-order valence-electron chi connectivity index (χ0n) is 16.9. The Hall–Kier alpha value is -2.39. The zero-order chi connectivity index (χ0) is 19.9. The molecule has 0 amide bonds. The molecular formula is C23H26IN5S. The Balaban J connectivity index is 0.00000256. The van der Waals surface area contributed by atoms with Crippen molar-refractivity contribution in [2.24, 2.45) is 4.99 Å². The highest BCUT2D eigenvalue weighted by molar-refractivity contribution is 14.0. The second-order valence-electron chi connectivity index (χ2n) is 6.93. The molecule has 2 aromatic heterocycles. The van der Waals surface area contributed by atoms with E-state index in [2.05, 4.69) is 81.3 Å². The number of nitrogens with zero attached hydrogens (tertiary/aromatic N) is 3. The molecule has 0 radical (unpaired) electrons. The monoisotopic (exact) mass is 531 g/mol. The lowest BCUT2D eigenvalue weighted by atomic mass is 9.92. The van der Waals surface area contributed by atoms with E-state index in [1.165, 1.54) is 11.1 Å². The van der Waals surface area contributed by atoms with Gasteiger partial charge in [0.25, 0.3) is 0 Å². The van der Waals surface area contributed by atoms with Crippen molar-refractivity contribution in [1.29, 1.82) is 0 Å². The van der Waals surface area contributed by atoms with Gasteiger partial charge in [-0.25, -0.2) is 4.98 Å². The smallest absolute Gasteiger partial charge is 0.193 e. The van der Waals surface area contributed by atoms with Crippen LogP contribution in [0, 0.1) is 0 Å². The van der Waals surface area contributed by atoms with Crippen molar-refractivity contribution in [3.63, 3.8) is 0 Å². The fraction of sp³-hybridized carbons (Fsp3) is 0.217. The molecule has 2 aromatic carbocycles. The van der Waals surface area contributed by atoms with Crippen LogP contribution in [0.1, 0.15) is 22.7 Å². The van der Waals surface area contributed by atoms with E-state index in [1.54, 1.807) is 18.4 Å². The van der Waals surface area contributed by atoms with Crippen LogP contribution in [0.2, 0.25) is 0 Å². The number of thiazole rings is 1. The minimum Gasteiger partial charge on any atom is -0.356 e. The summed E-state index contributed by atoms with van der Waals surface area (Å²) in [6, 6.07) is 21.3. The van der Waals surface area contributed by atoms with Gasteiger partial charge in [-0.2, -0.15) is 0 Å². The molecule has 5 nitrogen and oxygen atoms in total. The molecule has 7 heteroatoms. The number of aromatic nitrogens is 2. The second-order valence-corrected chi connectivity index (χ2v) is 7.80. The van der Waals surface area contributed by atoms with Gasteiger partial charge in [-0.3, -0.25) is 9.39 Å². The van der Waals surface area contributed by atoms with E-state index in [4.69, 9.17) is 0 Å². The summed E-state index contributed by atoms with van der Waals surface area (Å²) in [4.78, 5) is 10.0. The first-order valence-electron chi connectivity index (χ1n) is 9.76. The molecule has 0 fully saturated rings. The molecule has 0 aliphatic carbocycles. The molecular weight excluding hydrogens is 505 g/mol. The summed E-state index contributed by atoms with van der Waals surface area (Å²) in [5.41, 5.74) is 3.67. The summed E-state index contributed by atoms with van der Waals surface area (Å²) in [6.07, 6.45) is 5.05. The van der Waals surface area contributed by atoms with Crippen molar-refractivity contribution in [2.45, 2.75) is 18.9 Å². The first-order valence-corrected chi connectivity index (χ1v) is 10.6. The Labute approximate surface area is 198 Å². The van der Waals surface area contributed by atoms with Gasteiger partial charge < -0.3 is 10.6 Å². The molecule has 2 N–H and O–H groups in total. The third kappa shape index (κ3) is 5.82. The Morgan fingerprint density at radius 3 is 2.50 bits per heavy atom. The highest BCUT2D eigenvalue weighted by Gasteiger charge is 2.13. The average molecular weight is 531 g/mol. The fourth-order valence-corrected chi connectivity index (χ4v) is 4.13. The lowest BCUT2D eigenvalue weighted by molar-refractivity contribution is 0.644. The summed E-state index contributed by atoms with van der Waals surface area (Å²) in [6.45, 7) is 1.44. The highest BCUT2D eigenvalue weighted by Crippen LogP contribution is 2.20. The third-order valence-electron chi connectivity index (χ3n) is 4.92. The number of fused-ring (bicyclic) bond motifs is 1. The van der Waals surface area contributed by atoms with Crippen molar-refractivity contribution in [3.8, 4) is 0 Å². The van der Waals surface area contributed by atoms with E-state index >= 15 is 0 Å². The van der Waals surface area contributed by atoms with Crippen LogP contribution in [0.3, 0.4) is 0 Å². The van der Waals surface area contributed by atoms with Crippen molar-refractivity contribution in [2.75, 3.05) is 13.6 Å². The van der Waals surface area contributed by atoms with Crippen LogP contribution in [0.25, 0.3) is 4.96 Å². The van der Waals surface area contributed by atoms with E-state index in [0.29, 0.717) is 12.5 Å². The van der Waals surface area contributed by atoms with Crippen molar-refractivity contribution < 1.29 is 0 Å². The molecule has 1 atom stereocenters. The van der Waals surface area contributed by atoms with Crippen molar-refractivity contribution >= 4 is 46.2 Å². The minimum absolute atomic E-state index is 0. The van der Waals surface area contributed by atoms with Crippen molar-refractivity contribution in [1.82, 2.24) is 20.0 Å². The maximum atomic E-state index is 4.61. The van der Waals surface area contributed by atoms with Crippen LogP contribution in [-0.4, -0.2) is 28.9 Å². The molecule has 0 saturated carbocycles. The molecule has 4 aromatic rings. The standard InChI is InChI=1S/C23H25N5S.HI/c1-24-22(26-16-21-17-28-12-13-29-23(28)27-21)25-15-20(19-10-6-3-7-11-19)14-18-8-4-2-5-9-18;/h2-13,17,20H,14-16H2,1H3,(H2,24,25,26);1H. The van der Waals surface area contributed by atoms with Gasteiger partial charge >= 0.3 is 0 Å². The molecule has 0 bridgehead atoms. The van der Waals surface area contributed by atoms with Gasteiger partial charge in [-0.1, -0.05) is 60.7 Å². The molecule has 156 valence electrons. The van der Waals surface area contributed by atoms with Crippen LogP contribution in [0.4, 0.5) is 0 Å². The topological polar surface area (TPSA) is 53.7 Å². The lowest BCUT2D eigenvalue weighted by Gasteiger charge is -2.20. The Bertz CT molecular complexity index is 1030. The van der Waals surface area contributed by atoms with Crippen LogP contribution in [0.5, 0.6) is 0 Å². The molecule has 0 saturated heterocycles. The predicted molar refractivity (Wildman–Crippen MR) is 136 cm³/mol. The van der Waals surface area contributed by atoms with E-state index in [0.717, 1.165) is 29.6 Å². The number of hydrogen-bond acceptors (Lipinski definition) is 3. The fourth-order valence-electron chi connectivity index (χ4n) is 3.41. The maximum absolute atomic E-state index is 4.61. The zero-order valence-corrected chi connectivity index (χ0v) is 20.0. The summed E-state index contributed by atoms with van der Waals surface area (Å²) >= 11 is 1.64. The van der Waals surface area contributed by atoms with Crippen LogP contribution in [0.15, 0.2) is 83.4 Å². The molecule has 30 heavy (non-hydrogen) atoms. The molecule has 1 unspecified atom stereocenters. The molecule has 4 rings (SSSR count). The number of halogens is 1. The molecule has 0 aliphatic rings. The van der Waals surface area contributed by atoms with Crippen LogP contribution < -0.4 is 10.6 Å². The lowest BCUT2D eigenvalue weighted by Crippen LogP contribution is -2.39. The summed E-state index contributed by atoms with van der Waals surface area (Å²) in [7, 11) is 1.80. The largest absolute Gasteiger partial charge is 0.356 e. The quantitative estimate of drug-likeness (QED) is 0.207. The maximum Gasteiger partial charge on any atom is 0.193 e. The highest BCUT2D eigenvalue weighted by atomic mass is 127. The van der Waals surface area contributed by atoms with Gasteiger partial charge in [0.15, 0.2) is 10.9 Å². The van der Waals surface area contributed by atoms with E-state index in [1.807, 2.05) is 22.2 Å². The van der Waals surface area contributed by atoms with Crippen LogP contribution >= 0.6 is 35.3 Å². The second kappa shape index (κ2) is 11.1. The summed E-state index contributed by atoms with van der Waals surface area (Å²) < 4.78 is 2.04. The SMILES string of the molecule is CN=C(NCc1cn2ccsc2n1)NCC(Cc1ccccc1)c1ccccc1.I. The number of aliphatic imine (C=N–C) groups is 1. The average Bonchev–Trinajstić information content (AvgIpc) is 3.36. The van der Waals surface area contributed by atoms with Gasteiger partial charge in [-0.05, 0) is 17.5 Å². The first kappa shape index (κ1) is 22.3. The van der Waals surface area contributed by atoms with Gasteiger partial charge in [0, 0.05) is 37.3 Å². The Kier molecular flexibility index (Phi) is 8.27. The third-order valence-corrected chi connectivity index (χ3v) is 5.69. The van der Waals surface area contributed by atoms with Gasteiger partial charge in [0.2, 0.25) is 0 Å². The van der Waals surface area contributed by atoms with Gasteiger partial charge in [-0.15, -0.1) is 35.3 Å². The van der Waals surface area contributed by atoms with Crippen molar-refractivity contribution in [3.05, 3.63) is 95.3 Å². The number of hydrogen-bond donors (Lipinski definition) is 2. The number of guanidine groups is 1. The van der Waals surface area contributed by atoms with Gasteiger partial charge in [0.05, 0.1) is 12.2 Å². The summed E-state index contributed by atoms with van der Waals surface area (Å²) in [5, 5.41) is 8.91. The normalized spacial score (nSPS) is 12.4. The molecule has 0 aliphatic heterocycles.